The highest BCUT2D eigenvalue weighted by Crippen LogP contribution is 2.36. The topological polar surface area (TPSA) is 93.4 Å². The van der Waals surface area contributed by atoms with E-state index in [1.807, 2.05) is 6.92 Å². The van der Waals surface area contributed by atoms with Crippen LogP contribution in [-0.4, -0.2) is 24.9 Å². The van der Waals surface area contributed by atoms with Gasteiger partial charge in [-0.1, -0.05) is 0 Å². The zero-order chi connectivity index (χ0) is 13.4. The van der Waals surface area contributed by atoms with Gasteiger partial charge in [-0.2, -0.15) is 0 Å². The molecule has 3 aromatic heterocycles. The number of halogens is 1. The van der Waals surface area contributed by atoms with E-state index in [9.17, 15) is 0 Å². The van der Waals surface area contributed by atoms with Crippen molar-refractivity contribution in [1.29, 1.82) is 0 Å². The van der Waals surface area contributed by atoms with E-state index < -0.39 is 0 Å². The fraction of sp³-hybridized carbons (Fsp3) is 0.0909. The van der Waals surface area contributed by atoms with Crippen molar-refractivity contribution < 1.29 is 0 Å². The van der Waals surface area contributed by atoms with E-state index >= 15 is 0 Å². The van der Waals surface area contributed by atoms with Crippen molar-refractivity contribution in [2.45, 2.75) is 17.0 Å². The normalized spacial score (nSPS) is 11.1. The van der Waals surface area contributed by atoms with Crippen LogP contribution in [0, 0.1) is 6.92 Å². The molecule has 3 N–H and O–H groups in total. The van der Waals surface area contributed by atoms with E-state index in [0.717, 1.165) is 25.6 Å². The molecule has 0 fully saturated rings. The molecule has 0 spiro atoms. The molecule has 6 nitrogen and oxygen atoms in total. The minimum Gasteiger partial charge on any atom is -0.397 e. The molecule has 0 atom stereocenters. The zero-order valence-electron chi connectivity index (χ0n) is 9.88. The number of nitrogen functional groups attached to an aromatic ring is 1. The van der Waals surface area contributed by atoms with E-state index in [4.69, 9.17) is 5.73 Å². The molecule has 0 saturated heterocycles. The number of nitrogens with one attached hydrogen (secondary N) is 1. The third-order valence-corrected chi connectivity index (χ3v) is 4.89. The molecule has 0 aliphatic rings. The molecular formula is C11H9BrN6S. The molecule has 19 heavy (non-hydrogen) atoms. The lowest BCUT2D eigenvalue weighted by molar-refractivity contribution is 1.05. The van der Waals surface area contributed by atoms with Crippen LogP contribution in [0.15, 0.2) is 33.4 Å². The van der Waals surface area contributed by atoms with Crippen LogP contribution in [0.5, 0.6) is 0 Å². The summed E-state index contributed by atoms with van der Waals surface area (Å²) in [7, 11) is 0. The van der Waals surface area contributed by atoms with E-state index in [-0.39, 0.29) is 0 Å². The monoisotopic (exact) mass is 336 g/mol. The summed E-state index contributed by atoms with van der Waals surface area (Å²) in [6, 6.07) is 0. The summed E-state index contributed by atoms with van der Waals surface area (Å²) in [5, 5.41) is 1.58. The van der Waals surface area contributed by atoms with Crippen LogP contribution in [0.25, 0.3) is 11.2 Å². The van der Waals surface area contributed by atoms with Crippen LogP contribution < -0.4 is 5.73 Å². The number of pyridine rings is 1. The van der Waals surface area contributed by atoms with Gasteiger partial charge in [0.25, 0.3) is 0 Å². The quantitative estimate of drug-likeness (QED) is 0.698. The third kappa shape index (κ3) is 2.17. The summed E-state index contributed by atoms with van der Waals surface area (Å²) in [5.41, 5.74) is 8.88. The predicted molar refractivity (Wildman–Crippen MR) is 76.9 cm³/mol. The Balaban J connectivity index is 2.06. The van der Waals surface area contributed by atoms with Crippen LogP contribution in [-0.2, 0) is 0 Å². The number of H-pyrrole nitrogens is 1. The summed E-state index contributed by atoms with van der Waals surface area (Å²) in [5.74, 6) is 0. The summed E-state index contributed by atoms with van der Waals surface area (Å²) in [6.07, 6.45) is 4.73. The van der Waals surface area contributed by atoms with Gasteiger partial charge in [0.15, 0.2) is 5.65 Å². The molecule has 0 bridgehead atoms. The van der Waals surface area contributed by atoms with Gasteiger partial charge in [-0.15, -0.1) is 0 Å². The van der Waals surface area contributed by atoms with Crippen LogP contribution in [0.3, 0.4) is 0 Å². The van der Waals surface area contributed by atoms with Gasteiger partial charge in [-0.3, -0.25) is 0 Å². The first-order valence-electron chi connectivity index (χ1n) is 5.39. The number of nitrogens with zero attached hydrogens (tertiary/aromatic N) is 4. The molecule has 3 heterocycles. The smallest absolute Gasteiger partial charge is 0.181 e. The molecule has 0 radical (unpaired) electrons. The molecule has 0 aliphatic carbocycles. The Morgan fingerprint density at radius 2 is 2.05 bits per heavy atom. The van der Waals surface area contributed by atoms with E-state index in [1.165, 1.54) is 18.1 Å². The summed E-state index contributed by atoms with van der Waals surface area (Å²) in [4.78, 5) is 19.8. The van der Waals surface area contributed by atoms with Gasteiger partial charge in [-0.25, -0.2) is 19.9 Å². The highest BCUT2D eigenvalue weighted by atomic mass is 79.9. The highest BCUT2D eigenvalue weighted by molar-refractivity contribution is 9.10. The molecule has 3 aromatic rings. The molecular weight excluding hydrogens is 328 g/mol. The Bertz CT molecular complexity index is 756. The Morgan fingerprint density at radius 1 is 1.21 bits per heavy atom. The van der Waals surface area contributed by atoms with Crippen LogP contribution >= 0.6 is 27.7 Å². The maximum absolute atomic E-state index is 5.81. The Labute approximate surface area is 121 Å². The maximum Gasteiger partial charge on any atom is 0.181 e. The number of nitrogens with two attached hydrogens (primary N) is 1. The fourth-order valence-electron chi connectivity index (χ4n) is 1.55. The molecule has 0 aromatic carbocycles. The second-order valence-corrected chi connectivity index (χ2v) is 5.61. The number of rotatable bonds is 2. The molecule has 8 heteroatoms. The van der Waals surface area contributed by atoms with Crippen molar-refractivity contribution >= 4 is 44.5 Å². The van der Waals surface area contributed by atoms with Crippen molar-refractivity contribution in [2.24, 2.45) is 0 Å². The molecule has 0 amide bonds. The molecule has 0 unspecified atom stereocenters. The van der Waals surface area contributed by atoms with Gasteiger partial charge >= 0.3 is 0 Å². The second-order valence-electron chi connectivity index (χ2n) is 3.84. The Hall–Kier alpha value is -1.67. The minimum atomic E-state index is 0.640. The van der Waals surface area contributed by atoms with Gasteiger partial charge in [-0.05, 0) is 40.2 Å². The first-order valence-corrected chi connectivity index (χ1v) is 7.00. The average Bonchev–Trinajstić information content (AvgIpc) is 2.89. The first kappa shape index (κ1) is 12.4. The molecule has 0 saturated carbocycles. The largest absolute Gasteiger partial charge is 0.397 e. The van der Waals surface area contributed by atoms with Crippen molar-refractivity contribution in [1.82, 2.24) is 24.9 Å². The van der Waals surface area contributed by atoms with Crippen molar-refractivity contribution in [3.05, 3.63) is 28.9 Å². The van der Waals surface area contributed by atoms with Gasteiger partial charge < -0.3 is 10.7 Å². The SMILES string of the molecule is Cc1c(N)cnc(Sc2ncnc3nc[nH]c23)c1Br. The van der Waals surface area contributed by atoms with Crippen LogP contribution in [0.4, 0.5) is 5.69 Å². The van der Waals surface area contributed by atoms with E-state index in [0.29, 0.717) is 11.3 Å². The number of fused-ring (bicyclic) bond motifs is 1. The lowest BCUT2D eigenvalue weighted by atomic mass is 10.3. The van der Waals surface area contributed by atoms with Gasteiger partial charge in [0.1, 0.15) is 21.9 Å². The maximum atomic E-state index is 5.81. The zero-order valence-corrected chi connectivity index (χ0v) is 12.3. The summed E-state index contributed by atoms with van der Waals surface area (Å²) < 4.78 is 0.878. The van der Waals surface area contributed by atoms with Crippen molar-refractivity contribution in [3.63, 3.8) is 0 Å². The lowest BCUT2D eigenvalue weighted by Crippen LogP contribution is -1.95. The highest BCUT2D eigenvalue weighted by Gasteiger charge is 2.13. The van der Waals surface area contributed by atoms with Crippen LogP contribution in [0.1, 0.15) is 5.56 Å². The summed E-state index contributed by atoms with van der Waals surface area (Å²) >= 11 is 4.95. The number of aromatic nitrogens is 5. The molecule has 0 aliphatic heterocycles. The lowest BCUT2D eigenvalue weighted by Gasteiger charge is -2.07. The predicted octanol–water partition coefficient (Wildman–Crippen LogP) is 2.55. The third-order valence-electron chi connectivity index (χ3n) is 2.65. The van der Waals surface area contributed by atoms with E-state index in [2.05, 4.69) is 40.8 Å². The number of anilines is 1. The van der Waals surface area contributed by atoms with Gasteiger partial charge in [0.2, 0.25) is 0 Å². The number of hydrogen-bond donors (Lipinski definition) is 2. The number of hydrogen-bond acceptors (Lipinski definition) is 6. The van der Waals surface area contributed by atoms with Crippen LogP contribution in [0.2, 0.25) is 0 Å². The standard InChI is InChI=1S/C11H9BrN6S/c1-5-6(13)2-14-10(7(5)12)19-11-8-9(16-3-15-8)17-4-18-11/h2-4H,13H2,1H3,(H,15,16,17,18). The number of imidazole rings is 1. The van der Waals surface area contributed by atoms with Crippen molar-refractivity contribution in [2.75, 3.05) is 5.73 Å². The van der Waals surface area contributed by atoms with Gasteiger partial charge in [0.05, 0.1) is 22.7 Å². The summed E-state index contributed by atoms with van der Waals surface area (Å²) in [6.45, 7) is 1.94. The average molecular weight is 337 g/mol. The minimum absolute atomic E-state index is 0.640. The number of aromatic amines is 1. The second kappa shape index (κ2) is 4.78. The molecule has 3 rings (SSSR count). The fourth-order valence-corrected chi connectivity index (χ4v) is 3.01. The van der Waals surface area contributed by atoms with Crippen molar-refractivity contribution in [3.8, 4) is 0 Å². The first-order chi connectivity index (χ1) is 9.16. The van der Waals surface area contributed by atoms with Gasteiger partial charge in [0, 0.05) is 0 Å². The Kier molecular flexibility index (Phi) is 3.11. The molecule has 96 valence electrons. The Morgan fingerprint density at radius 3 is 2.89 bits per heavy atom. The van der Waals surface area contributed by atoms with E-state index in [1.54, 1.807) is 12.5 Å².